The summed E-state index contributed by atoms with van der Waals surface area (Å²) in [5.74, 6) is 0.0573. The van der Waals surface area contributed by atoms with E-state index in [1.807, 2.05) is 12.1 Å². The van der Waals surface area contributed by atoms with E-state index in [1.165, 1.54) is 0 Å². The van der Waals surface area contributed by atoms with Gasteiger partial charge >= 0.3 is 0 Å². The number of benzene rings is 1. The molecule has 0 aliphatic carbocycles. The van der Waals surface area contributed by atoms with Gasteiger partial charge in [0.1, 0.15) is 0 Å². The lowest BCUT2D eigenvalue weighted by molar-refractivity contribution is -0.132. The zero-order valence-corrected chi connectivity index (χ0v) is 17.8. The van der Waals surface area contributed by atoms with Crippen LogP contribution in [0.5, 0.6) is 0 Å². The number of nitrogens with two attached hydrogens (primary N) is 1. The summed E-state index contributed by atoms with van der Waals surface area (Å²) in [6.45, 7) is 7.17. The number of hydrogen-bond donors (Lipinski definition) is 2. The number of carbonyl (C=O) groups excluding carboxylic acids is 1. The summed E-state index contributed by atoms with van der Waals surface area (Å²) < 4.78 is 27.5. The minimum atomic E-state index is -3.66. The number of nitrogen functional groups attached to an aromatic ring is 1. The predicted molar refractivity (Wildman–Crippen MR) is 111 cm³/mol. The molecule has 0 saturated heterocycles. The molecule has 0 unspecified atom stereocenters. The Hall–Kier alpha value is -2.52. The zero-order valence-electron chi connectivity index (χ0n) is 17.0. The fourth-order valence-electron chi connectivity index (χ4n) is 3.20. The smallest absolute Gasteiger partial charge is 0.240 e. The highest BCUT2D eigenvalue weighted by atomic mass is 32.2. The maximum atomic E-state index is 12.5. The van der Waals surface area contributed by atoms with Crippen LogP contribution in [0.1, 0.15) is 44.0 Å². The van der Waals surface area contributed by atoms with Crippen LogP contribution in [0.4, 0.5) is 5.95 Å². The monoisotopic (exact) mass is 417 g/mol. The van der Waals surface area contributed by atoms with Gasteiger partial charge in [0.2, 0.25) is 21.9 Å². The molecule has 1 amide bonds. The second-order valence-electron chi connectivity index (χ2n) is 8.19. The van der Waals surface area contributed by atoms with Gasteiger partial charge in [0, 0.05) is 25.7 Å². The molecule has 0 spiro atoms. The van der Waals surface area contributed by atoms with E-state index in [1.54, 1.807) is 23.2 Å². The number of nitrogens with zero attached hydrogens (tertiary/aromatic N) is 3. The minimum Gasteiger partial charge on any atom is -0.368 e. The van der Waals surface area contributed by atoms with Gasteiger partial charge in [0.25, 0.3) is 0 Å². The maximum Gasteiger partial charge on any atom is 0.240 e. The van der Waals surface area contributed by atoms with Crippen LogP contribution < -0.4 is 10.5 Å². The molecule has 1 aliphatic rings. The highest BCUT2D eigenvalue weighted by molar-refractivity contribution is 7.89. The molecule has 1 aromatic carbocycles. The third-order valence-electron chi connectivity index (χ3n) is 4.98. The van der Waals surface area contributed by atoms with Crippen molar-refractivity contribution in [1.29, 1.82) is 0 Å². The van der Waals surface area contributed by atoms with Crippen LogP contribution in [0.25, 0.3) is 0 Å². The molecule has 2 aromatic rings. The van der Waals surface area contributed by atoms with Crippen LogP contribution in [0, 0.1) is 0 Å². The number of aromatic nitrogens is 2. The van der Waals surface area contributed by atoms with Gasteiger partial charge in [-0.25, -0.2) is 23.1 Å². The van der Waals surface area contributed by atoms with Crippen LogP contribution in [0.2, 0.25) is 0 Å². The first kappa shape index (κ1) is 21.2. The molecule has 1 aliphatic heterocycles. The Balaban J connectivity index is 1.56. The Morgan fingerprint density at radius 3 is 2.59 bits per heavy atom. The molecule has 8 nitrogen and oxygen atoms in total. The van der Waals surface area contributed by atoms with E-state index in [0.717, 1.165) is 16.8 Å². The van der Waals surface area contributed by atoms with Gasteiger partial charge in [-0.15, -0.1) is 0 Å². The number of carbonyl (C=O) groups is 1. The first-order valence-electron chi connectivity index (χ1n) is 9.54. The molecule has 1 aromatic heterocycles. The van der Waals surface area contributed by atoms with Crippen molar-refractivity contribution < 1.29 is 13.2 Å². The van der Waals surface area contributed by atoms with E-state index in [4.69, 9.17) is 5.73 Å². The Bertz CT molecular complexity index is 998. The SMILES string of the molecule is CC(C)(C)c1ccc(S(=O)(=O)NCCC(=O)N2CCc3cnc(N)nc3C2)cc1. The number of nitrogens with one attached hydrogen (secondary N) is 1. The highest BCUT2D eigenvalue weighted by Crippen LogP contribution is 2.23. The molecular weight excluding hydrogens is 390 g/mol. The van der Waals surface area contributed by atoms with Crippen molar-refractivity contribution >= 4 is 21.9 Å². The Morgan fingerprint density at radius 1 is 1.24 bits per heavy atom. The predicted octanol–water partition coefficient (Wildman–Crippen LogP) is 1.61. The normalized spacial score (nSPS) is 14.5. The number of amides is 1. The molecule has 0 fully saturated rings. The number of hydrogen-bond acceptors (Lipinski definition) is 6. The Morgan fingerprint density at radius 2 is 1.93 bits per heavy atom. The van der Waals surface area contributed by atoms with Crippen LogP contribution >= 0.6 is 0 Å². The standard InChI is InChI=1S/C20H27N5O3S/c1-20(2,3)15-4-6-16(7-5-15)29(27,28)23-10-8-18(26)25-11-9-14-12-22-19(21)24-17(14)13-25/h4-7,12,23H,8-11,13H2,1-3H3,(H2,21,22,24). The molecular formula is C20H27N5O3S. The fourth-order valence-corrected chi connectivity index (χ4v) is 4.23. The van der Waals surface area contributed by atoms with E-state index in [9.17, 15) is 13.2 Å². The lowest BCUT2D eigenvalue weighted by Gasteiger charge is -2.28. The van der Waals surface area contributed by atoms with Gasteiger partial charge in [-0.05, 0) is 35.1 Å². The molecule has 156 valence electrons. The summed E-state index contributed by atoms with van der Waals surface area (Å²) in [7, 11) is -3.66. The van der Waals surface area contributed by atoms with Gasteiger partial charge in [-0.1, -0.05) is 32.9 Å². The molecule has 29 heavy (non-hydrogen) atoms. The summed E-state index contributed by atoms with van der Waals surface area (Å²) in [5, 5.41) is 0. The molecule has 0 radical (unpaired) electrons. The number of anilines is 1. The molecule has 2 heterocycles. The van der Waals surface area contributed by atoms with E-state index in [0.29, 0.717) is 19.5 Å². The third-order valence-corrected chi connectivity index (χ3v) is 6.46. The average Bonchev–Trinajstić information content (AvgIpc) is 2.66. The second kappa shape index (κ2) is 8.08. The third kappa shape index (κ3) is 5.10. The highest BCUT2D eigenvalue weighted by Gasteiger charge is 2.23. The average molecular weight is 418 g/mol. The first-order chi connectivity index (χ1) is 13.6. The summed E-state index contributed by atoms with van der Waals surface area (Å²) in [4.78, 5) is 22.5. The molecule has 0 atom stereocenters. The van der Waals surface area contributed by atoms with Crippen LogP contribution in [0.3, 0.4) is 0 Å². The van der Waals surface area contributed by atoms with Gasteiger partial charge < -0.3 is 10.6 Å². The van der Waals surface area contributed by atoms with Crippen molar-refractivity contribution in [2.24, 2.45) is 0 Å². The van der Waals surface area contributed by atoms with E-state index < -0.39 is 10.0 Å². The molecule has 0 bridgehead atoms. The van der Waals surface area contributed by atoms with Crippen LogP contribution in [-0.2, 0) is 33.2 Å². The number of sulfonamides is 1. The van der Waals surface area contributed by atoms with Crippen molar-refractivity contribution in [3.05, 3.63) is 47.3 Å². The Labute approximate surface area is 171 Å². The number of fused-ring (bicyclic) bond motifs is 1. The summed E-state index contributed by atoms with van der Waals surface area (Å²) >= 11 is 0. The zero-order chi connectivity index (χ0) is 21.2. The van der Waals surface area contributed by atoms with Crippen molar-refractivity contribution in [2.75, 3.05) is 18.8 Å². The van der Waals surface area contributed by atoms with Gasteiger partial charge in [0.05, 0.1) is 17.1 Å². The van der Waals surface area contributed by atoms with Crippen molar-refractivity contribution in [3.8, 4) is 0 Å². The molecule has 9 heteroatoms. The van der Waals surface area contributed by atoms with Crippen molar-refractivity contribution in [1.82, 2.24) is 19.6 Å². The Kier molecular flexibility index (Phi) is 5.90. The second-order valence-corrected chi connectivity index (χ2v) is 9.95. The largest absolute Gasteiger partial charge is 0.368 e. The van der Waals surface area contributed by atoms with Crippen LogP contribution in [-0.4, -0.2) is 42.3 Å². The topological polar surface area (TPSA) is 118 Å². The lowest BCUT2D eigenvalue weighted by Crippen LogP contribution is -2.38. The van der Waals surface area contributed by atoms with E-state index >= 15 is 0 Å². The minimum absolute atomic E-state index is 0.0391. The molecule has 3 rings (SSSR count). The first-order valence-corrected chi connectivity index (χ1v) is 11.0. The van der Waals surface area contributed by atoms with E-state index in [2.05, 4.69) is 35.5 Å². The fraction of sp³-hybridized carbons (Fsp3) is 0.450. The maximum absolute atomic E-state index is 12.5. The van der Waals surface area contributed by atoms with E-state index in [-0.39, 0.29) is 35.1 Å². The summed E-state index contributed by atoms with van der Waals surface area (Å²) in [6, 6.07) is 6.82. The van der Waals surface area contributed by atoms with Gasteiger partial charge in [0.15, 0.2) is 0 Å². The molecule has 3 N–H and O–H groups in total. The summed E-state index contributed by atoms with van der Waals surface area (Å²) in [5.41, 5.74) is 8.36. The molecule has 0 saturated carbocycles. The van der Waals surface area contributed by atoms with Gasteiger partial charge in [-0.3, -0.25) is 4.79 Å². The van der Waals surface area contributed by atoms with Crippen molar-refractivity contribution in [2.45, 2.75) is 50.5 Å². The quantitative estimate of drug-likeness (QED) is 0.763. The lowest BCUT2D eigenvalue weighted by atomic mass is 9.87. The van der Waals surface area contributed by atoms with Crippen LogP contribution in [0.15, 0.2) is 35.4 Å². The number of rotatable bonds is 5. The van der Waals surface area contributed by atoms with Crippen molar-refractivity contribution in [3.63, 3.8) is 0 Å². The van der Waals surface area contributed by atoms with Gasteiger partial charge in [-0.2, -0.15) is 0 Å². The summed E-state index contributed by atoms with van der Waals surface area (Å²) in [6.07, 6.45) is 2.43.